The van der Waals surface area contributed by atoms with Crippen LogP contribution in [0.1, 0.15) is 57.5 Å². The summed E-state index contributed by atoms with van der Waals surface area (Å²) < 4.78 is 20.9. The van der Waals surface area contributed by atoms with Gasteiger partial charge in [-0.3, -0.25) is 19.8 Å². The third-order valence-electron chi connectivity index (χ3n) is 6.79. The quantitative estimate of drug-likeness (QED) is 0.205. The smallest absolute Gasteiger partial charge is 0.341 e. The van der Waals surface area contributed by atoms with E-state index in [-0.39, 0.29) is 23.3 Å². The third-order valence-corrected chi connectivity index (χ3v) is 8.35. The third kappa shape index (κ3) is 4.48. The average Bonchev–Trinajstić information content (AvgIpc) is 3.38. The molecule has 1 aliphatic carbocycles. The van der Waals surface area contributed by atoms with Crippen molar-refractivity contribution in [3.05, 3.63) is 74.7 Å². The summed E-state index contributed by atoms with van der Waals surface area (Å²) in [6.45, 7) is 5.89. The van der Waals surface area contributed by atoms with Crippen LogP contribution in [0.5, 0.6) is 0 Å². The first-order valence-electron chi connectivity index (χ1n) is 12.4. The number of thiophene rings is 1. The van der Waals surface area contributed by atoms with E-state index in [1.165, 1.54) is 40.1 Å². The lowest BCUT2D eigenvalue weighted by Gasteiger charge is -2.28. The highest BCUT2D eigenvalue weighted by atomic mass is 32.1. The Balaban J connectivity index is 1.58. The Morgan fingerprint density at radius 1 is 1.18 bits per heavy atom. The van der Waals surface area contributed by atoms with Crippen LogP contribution in [0.3, 0.4) is 0 Å². The predicted molar refractivity (Wildman–Crippen MR) is 148 cm³/mol. The summed E-state index contributed by atoms with van der Waals surface area (Å²) in [6, 6.07) is 7.18. The van der Waals surface area contributed by atoms with Crippen molar-refractivity contribution in [2.24, 2.45) is 0 Å². The summed E-state index contributed by atoms with van der Waals surface area (Å²) in [5.41, 5.74) is 4.21. The maximum atomic E-state index is 13.4. The predicted octanol–water partition coefficient (Wildman–Crippen LogP) is 5.18. The van der Waals surface area contributed by atoms with E-state index in [1.54, 1.807) is 18.3 Å². The van der Waals surface area contributed by atoms with Gasteiger partial charge in [-0.05, 0) is 106 Å². The van der Waals surface area contributed by atoms with Crippen molar-refractivity contribution in [3.63, 3.8) is 0 Å². The van der Waals surface area contributed by atoms with E-state index in [1.807, 2.05) is 24.5 Å². The van der Waals surface area contributed by atoms with E-state index in [4.69, 9.17) is 17.0 Å². The van der Waals surface area contributed by atoms with Gasteiger partial charge in [0.1, 0.15) is 16.4 Å². The number of nitrogens with zero attached hydrogens (tertiary/aromatic N) is 2. The molecule has 0 saturated carbocycles. The number of nitrogens with one attached hydrogen (secondary N) is 1. The minimum Gasteiger partial charge on any atom is -0.462 e. The molecular formula is C28H26FN3O4S2. The second-order valence-corrected chi connectivity index (χ2v) is 10.7. The summed E-state index contributed by atoms with van der Waals surface area (Å²) in [4.78, 5) is 41.7. The standard InChI is InChI=1S/C28H26FN3O4S2/c1-4-36-27(35)23-20-7-5-6-8-22(20)38-26(23)31-15(2)13-17(16(31)3)14-21-24(33)30-28(37)32(25(21)34)19-11-9-18(29)10-12-19/h9-14H,4-8H2,1-3H3,(H,30,33,37)/b21-14-. The first-order chi connectivity index (χ1) is 18.2. The molecule has 2 aliphatic rings. The zero-order chi connectivity index (χ0) is 27.1. The molecular weight excluding hydrogens is 525 g/mol. The lowest BCUT2D eigenvalue weighted by atomic mass is 9.95. The number of benzene rings is 1. The molecule has 1 N–H and O–H groups in total. The molecule has 0 radical (unpaired) electrons. The Kier molecular flexibility index (Phi) is 7.02. The number of anilines is 1. The normalized spacial score (nSPS) is 16.6. The molecule has 1 aromatic carbocycles. The first kappa shape index (κ1) is 26.0. The van der Waals surface area contributed by atoms with E-state index >= 15 is 0 Å². The molecule has 10 heteroatoms. The molecule has 1 saturated heterocycles. The minimum absolute atomic E-state index is 0.0718. The van der Waals surface area contributed by atoms with Crippen molar-refractivity contribution in [1.29, 1.82) is 0 Å². The maximum absolute atomic E-state index is 13.4. The van der Waals surface area contributed by atoms with Crippen molar-refractivity contribution in [2.45, 2.75) is 46.5 Å². The number of ether oxygens (including phenoxy) is 1. The molecule has 5 rings (SSSR count). The van der Waals surface area contributed by atoms with Gasteiger partial charge >= 0.3 is 5.97 Å². The number of rotatable bonds is 5. The largest absolute Gasteiger partial charge is 0.462 e. The molecule has 0 bridgehead atoms. The first-order valence-corrected chi connectivity index (χ1v) is 13.6. The van der Waals surface area contributed by atoms with Crippen LogP contribution in [0, 0.1) is 19.7 Å². The van der Waals surface area contributed by atoms with Crippen LogP contribution in [0.2, 0.25) is 0 Å². The van der Waals surface area contributed by atoms with Crippen molar-refractivity contribution in [1.82, 2.24) is 9.88 Å². The van der Waals surface area contributed by atoms with Gasteiger partial charge in [-0.15, -0.1) is 11.3 Å². The van der Waals surface area contributed by atoms with Crippen molar-refractivity contribution < 1.29 is 23.5 Å². The minimum atomic E-state index is -0.609. The Labute approximate surface area is 228 Å². The molecule has 0 unspecified atom stereocenters. The topological polar surface area (TPSA) is 80.6 Å². The molecule has 7 nitrogen and oxygen atoms in total. The lowest BCUT2D eigenvalue weighted by molar-refractivity contribution is -0.122. The molecule has 1 aliphatic heterocycles. The van der Waals surface area contributed by atoms with Gasteiger partial charge < -0.3 is 9.30 Å². The van der Waals surface area contributed by atoms with Crippen LogP contribution < -0.4 is 10.2 Å². The molecule has 0 spiro atoms. The van der Waals surface area contributed by atoms with Gasteiger partial charge in [-0.1, -0.05) is 0 Å². The number of hydrogen-bond acceptors (Lipinski definition) is 6. The number of halogens is 1. The molecule has 2 amide bonds. The van der Waals surface area contributed by atoms with E-state index in [0.29, 0.717) is 16.8 Å². The molecule has 2 aromatic heterocycles. The van der Waals surface area contributed by atoms with Gasteiger partial charge in [-0.2, -0.15) is 0 Å². The summed E-state index contributed by atoms with van der Waals surface area (Å²) in [6.07, 6.45) is 5.41. The van der Waals surface area contributed by atoms with Gasteiger partial charge in [0.2, 0.25) is 0 Å². The van der Waals surface area contributed by atoms with Crippen molar-refractivity contribution >= 4 is 58.2 Å². The highest BCUT2D eigenvalue weighted by molar-refractivity contribution is 7.80. The fourth-order valence-corrected chi connectivity index (χ4v) is 6.78. The molecule has 1 fully saturated rings. The highest BCUT2D eigenvalue weighted by Crippen LogP contribution is 2.39. The van der Waals surface area contributed by atoms with Gasteiger partial charge in [0, 0.05) is 16.3 Å². The number of amides is 2. The molecule has 0 atom stereocenters. The summed E-state index contributed by atoms with van der Waals surface area (Å²) in [5, 5.41) is 3.28. The van der Waals surface area contributed by atoms with Crippen LogP contribution in [-0.4, -0.2) is 34.1 Å². The Morgan fingerprint density at radius 2 is 1.89 bits per heavy atom. The molecule has 3 aromatic rings. The number of carbonyl (C=O) groups excluding carboxylic acids is 3. The Hall–Kier alpha value is -3.63. The van der Waals surface area contributed by atoms with Crippen LogP contribution in [0.4, 0.5) is 10.1 Å². The van der Waals surface area contributed by atoms with E-state index in [9.17, 15) is 18.8 Å². The fraction of sp³-hybridized carbons (Fsp3) is 0.286. The van der Waals surface area contributed by atoms with Crippen LogP contribution in [0.25, 0.3) is 11.1 Å². The lowest BCUT2D eigenvalue weighted by Crippen LogP contribution is -2.54. The number of carbonyl (C=O) groups is 3. The van der Waals surface area contributed by atoms with E-state index in [0.717, 1.165) is 47.6 Å². The van der Waals surface area contributed by atoms with Gasteiger partial charge in [0.15, 0.2) is 5.11 Å². The summed E-state index contributed by atoms with van der Waals surface area (Å²) in [7, 11) is 0. The fourth-order valence-electron chi connectivity index (χ4n) is 5.01. The van der Waals surface area contributed by atoms with Crippen molar-refractivity contribution in [2.75, 3.05) is 11.5 Å². The highest BCUT2D eigenvalue weighted by Gasteiger charge is 2.35. The number of fused-ring (bicyclic) bond motifs is 1. The number of hydrogen-bond donors (Lipinski definition) is 1. The monoisotopic (exact) mass is 551 g/mol. The van der Waals surface area contributed by atoms with Crippen molar-refractivity contribution in [3.8, 4) is 5.00 Å². The van der Waals surface area contributed by atoms with Gasteiger partial charge in [-0.25, -0.2) is 9.18 Å². The van der Waals surface area contributed by atoms with Crippen LogP contribution >= 0.6 is 23.6 Å². The zero-order valence-corrected chi connectivity index (χ0v) is 22.9. The average molecular weight is 552 g/mol. The molecule has 3 heterocycles. The van der Waals surface area contributed by atoms with E-state index in [2.05, 4.69) is 5.32 Å². The Morgan fingerprint density at radius 3 is 2.61 bits per heavy atom. The van der Waals surface area contributed by atoms with Gasteiger partial charge in [0.05, 0.1) is 17.9 Å². The Bertz CT molecular complexity index is 1520. The number of esters is 1. The van der Waals surface area contributed by atoms with Gasteiger partial charge in [0.25, 0.3) is 11.8 Å². The van der Waals surface area contributed by atoms with Crippen LogP contribution in [-0.2, 0) is 27.2 Å². The van der Waals surface area contributed by atoms with Crippen LogP contribution in [0.15, 0.2) is 35.9 Å². The second-order valence-electron chi connectivity index (χ2n) is 9.21. The SMILES string of the molecule is CCOC(=O)c1c(-n2c(C)cc(/C=C3/C(=O)NC(=S)N(c4ccc(F)cc4)C3=O)c2C)sc2c1CCCC2. The maximum Gasteiger partial charge on any atom is 0.341 e. The van der Waals surface area contributed by atoms with E-state index < -0.39 is 17.6 Å². The zero-order valence-electron chi connectivity index (χ0n) is 21.2. The molecule has 196 valence electrons. The number of aromatic nitrogens is 1. The number of thiocarbonyl (C=S) groups is 1. The summed E-state index contributed by atoms with van der Waals surface area (Å²) >= 11 is 6.83. The molecule has 38 heavy (non-hydrogen) atoms. The summed E-state index contributed by atoms with van der Waals surface area (Å²) in [5.74, 6) is -2.00. The second kappa shape index (κ2) is 10.3. The number of aryl methyl sites for hydroxylation is 2.